The van der Waals surface area contributed by atoms with Gasteiger partial charge >= 0.3 is 0 Å². The number of hydrogen-bond donors (Lipinski definition) is 0. The van der Waals surface area contributed by atoms with Crippen LogP contribution in [0.1, 0.15) is 0 Å². The Balaban J connectivity index is 0.00000256. The number of aromatic nitrogens is 10. The van der Waals surface area contributed by atoms with Gasteiger partial charge in [0.05, 0.1) is 44.5 Å². The molecule has 0 saturated carbocycles. The molecule has 12 aromatic rings. The van der Waals surface area contributed by atoms with Gasteiger partial charge in [0.2, 0.25) is 0 Å². The van der Waals surface area contributed by atoms with E-state index in [2.05, 4.69) is 91.1 Å². The van der Waals surface area contributed by atoms with Gasteiger partial charge in [0.15, 0.2) is 0 Å². The van der Waals surface area contributed by atoms with E-state index in [4.69, 9.17) is 9.47 Å². The first kappa shape index (κ1) is 42.2. The number of hydrogen-bond acceptors (Lipinski definition) is 8. The van der Waals surface area contributed by atoms with Crippen LogP contribution >= 0.6 is 0 Å². The molecule has 0 aliphatic rings. The molecule has 12 nitrogen and oxygen atoms in total. The summed E-state index contributed by atoms with van der Waals surface area (Å²) in [6, 6.07) is 52.8. The van der Waals surface area contributed by atoms with Crippen molar-refractivity contribution in [3.63, 3.8) is 0 Å². The van der Waals surface area contributed by atoms with E-state index in [1.165, 1.54) is 0 Å². The molecular formula is C52H28N10O2Pt2-4. The quantitative estimate of drug-likeness (QED) is 0.104. The Bertz CT molecular complexity index is 3490. The molecule has 0 N–H and O–H groups in total. The maximum absolute atomic E-state index is 6.27. The largest absolute Gasteiger partial charge is 0.509 e. The summed E-state index contributed by atoms with van der Waals surface area (Å²) in [4.78, 5) is 27.1. The third-order valence-corrected chi connectivity index (χ3v) is 10.6. The molecule has 0 radical (unpaired) electrons. The van der Waals surface area contributed by atoms with Crippen LogP contribution < -0.4 is 18.6 Å². The molecule has 0 fully saturated rings. The Labute approximate surface area is 406 Å². The molecule has 0 aliphatic carbocycles. The number of fused-ring (bicyclic) bond motifs is 4. The van der Waals surface area contributed by atoms with Crippen molar-refractivity contribution in [2.75, 3.05) is 0 Å². The van der Waals surface area contributed by atoms with Gasteiger partial charge in [-0.05, 0) is 60.4 Å². The Morgan fingerprint density at radius 2 is 0.833 bits per heavy atom. The van der Waals surface area contributed by atoms with Crippen LogP contribution in [0.5, 0.6) is 23.0 Å². The fraction of sp³-hybridized carbons (Fsp3) is 0. The number of para-hydroxylation sites is 6. The second kappa shape index (κ2) is 18.0. The molecule has 14 heteroatoms. The second-order valence-corrected chi connectivity index (χ2v) is 14.5. The van der Waals surface area contributed by atoms with Crippen LogP contribution in [0.3, 0.4) is 0 Å². The molecule has 0 atom stereocenters. The summed E-state index contributed by atoms with van der Waals surface area (Å²) in [6.45, 7) is 0. The van der Waals surface area contributed by atoms with Gasteiger partial charge in [0.25, 0.3) is 12.7 Å². The monoisotopic (exact) mass is 1210 g/mol. The van der Waals surface area contributed by atoms with Crippen molar-refractivity contribution in [2.45, 2.75) is 0 Å². The smallest absolute Gasteiger partial charge is 0.268 e. The van der Waals surface area contributed by atoms with Crippen LogP contribution in [-0.2, 0) is 42.1 Å². The first-order valence-electron chi connectivity index (χ1n) is 20.2. The number of ether oxygens (including phenoxy) is 2. The summed E-state index contributed by atoms with van der Waals surface area (Å²) < 4.78 is 20.4. The van der Waals surface area contributed by atoms with E-state index in [-0.39, 0.29) is 42.1 Å². The molecule has 66 heavy (non-hydrogen) atoms. The van der Waals surface area contributed by atoms with Crippen molar-refractivity contribution in [1.82, 2.24) is 39.0 Å². The Morgan fingerprint density at radius 1 is 0.409 bits per heavy atom. The number of imidazole rings is 2. The van der Waals surface area contributed by atoms with E-state index in [1.807, 2.05) is 116 Å². The average molecular weight is 1220 g/mol. The van der Waals surface area contributed by atoms with E-state index in [0.717, 1.165) is 55.2 Å². The number of nitrogens with zero attached hydrogens (tertiary/aromatic N) is 10. The van der Waals surface area contributed by atoms with E-state index in [9.17, 15) is 0 Å². The predicted octanol–water partition coefficient (Wildman–Crippen LogP) is 8.85. The predicted molar refractivity (Wildman–Crippen MR) is 236 cm³/mol. The first-order chi connectivity index (χ1) is 31.7. The van der Waals surface area contributed by atoms with Gasteiger partial charge in [0, 0.05) is 88.3 Å². The molecule has 0 amide bonds. The second-order valence-electron chi connectivity index (χ2n) is 14.5. The molecule has 0 saturated heterocycles. The Kier molecular flexibility index (Phi) is 11.5. The third kappa shape index (κ3) is 7.80. The van der Waals surface area contributed by atoms with E-state index in [1.54, 1.807) is 49.3 Å². The summed E-state index contributed by atoms with van der Waals surface area (Å²) in [5.41, 5.74) is 9.53. The fourth-order valence-corrected chi connectivity index (χ4v) is 7.79. The summed E-state index contributed by atoms with van der Waals surface area (Å²) in [6.07, 6.45) is 20.5. The number of benzene rings is 4. The van der Waals surface area contributed by atoms with Gasteiger partial charge < -0.3 is 38.5 Å². The zero-order chi connectivity index (χ0) is 42.4. The van der Waals surface area contributed by atoms with Crippen molar-refractivity contribution in [3.8, 4) is 57.1 Å². The molecule has 8 aromatic heterocycles. The van der Waals surface area contributed by atoms with Crippen LogP contribution in [-0.4, -0.2) is 39.0 Å². The molecular weight excluding hydrogens is 1190 g/mol. The van der Waals surface area contributed by atoms with E-state index < -0.39 is 0 Å². The summed E-state index contributed by atoms with van der Waals surface area (Å²) in [5, 5.41) is 2.02. The molecule has 12 rings (SSSR count). The maximum atomic E-state index is 6.27. The van der Waals surface area contributed by atoms with Gasteiger partial charge in [-0.1, -0.05) is 97.3 Å². The van der Waals surface area contributed by atoms with Crippen molar-refractivity contribution < 1.29 is 60.7 Å². The van der Waals surface area contributed by atoms with Gasteiger partial charge in [0.1, 0.15) is 0 Å². The van der Waals surface area contributed by atoms with Gasteiger partial charge in [-0.2, -0.15) is 12.1 Å². The SMILES string of the molecule is [Pt].[Pt].[c-]1c(Oc2[c-]c(-c3[c-]c(Oc4[c-]c(-[n+]5[c-]n(-c6ccnc7ccccc67)c6ccccc65)cnc4)ccn3)ncc2)cncc1-[n+]1[c-]n(-c2ccnc3ccccc23)c2ccccc21. The van der Waals surface area contributed by atoms with Gasteiger partial charge in [-0.25, -0.2) is 0 Å². The molecule has 0 unspecified atom stereocenters. The topological polar surface area (TPSA) is 113 Å². The van der Waals surface area contributed by atoms with Crippen LogP contribution in [0.15, 0.2) is 171 Å². The minimum Gasteiger partial charge on any atom is -0.509 e. The normalized spacial score (nSPS) is 11.1. The summed E-state index contributed by atoms with van der Waals surface area (Å²) in [5.74, 6) is 1.53. The van der Waals surface area contributed by atoms with Crippen LogP contribution in [0.4, 0.5) is 0 Å². The minimum atomic E-state index is 0. The summed E-state index contributed by atoms with van der Waals surface area (Å²) in [7, 11) is 0. The van der Waals surface area contributed by atoms with Crippen molar-refractivity contribution in [2.24, 2.45) is 0 Å². The maximum Gasteiger partial charge on any atom is 0.268 e. The average Bonchev–Trinajstić information content (AvgIpc) is 3.94. The van der Waals surface area contributed by atoms with E-state index >= 15 is 0 Å². The van der Waals surface area contributed by atoms with Crippen molar-refractivity contribution in [3.05, 3.63) is 208 Å². The first-order valence-corrected chi connectivity index (χ1v) is 20.2. The number of pyridine rings is 6. The molecule has 0 spiro atoms. The van der Waals surface area contributed by atoms with E-state index in [0.29, 0.717) is 45.8 Å². The van der Waals surface area contributed by atoms with Crippen molar-refractivity contribution >= 4 is 43.9 Å². The molecule has 322 valence electrons. The van der Waals surface area contributed by atoms with Crippen LogP contribution in [0.25, 0.3) is 78.0 Å². The Morgan fingerprint density at radius 3 is 1.32 bits per heavy atom. The van der Waals surface area contributed by atoms with Gasteiger partial charge in [-0.15, -0.1) is 35.7 Å². The standard InChI is InChI=1S/C52H28N10O2.2Pt/c1-3-11-43-41(9-1)47(19-23-55-43)61-33-59(49-13-5-7-15-51(49)61)35-25-39(31-53-29-35)63-37-17-21-57-45(27-37)46-28-38(18-22-58-46)64-40-26-36(30-54-32-40)60-34-62(52-16-8-6-14-50(52)60)48-20-24-56-44-12-4-2-10-42(44)48;;/h1-24,29-32H;;/q-4;;. The van der Waals surface area contributed by atoms with Crippen LogP contribution in [0.2, 0.25) is 0 Å². The van der Waals surface area contributed by atoms with Crippen LogP contribution in [0, 0.1) is 36.9 Å². The molecule has 0 aliphatic heterocycles. The minimum absolute atomic E-state index is 0. The molecule has 0 bridgehead atoms. The molecule has 8 heterocycles. The third-order valence-electron chi connectivity index (χ3n) is 10.6. The number of rotatable bonds is 9. The molecule has 4 aromatic carbocycles. The van der Waals surface area contributed by atoms with Crippen molar-refractivity contribution in [1.29, 1.82) is 0 Å². The summed E-state index contributed by atoms with van der Waals surface area (Å²) >= 11 is 0. The zero-order valence-electron chi connectivity index (χ0n) is 34.1. The fourth-order valence-electron chi connectivity index (χ4n) is 7.79. The zero-order valence-corrected chi connectivity index (χ0v) is 38.6. The Hall–Kier alpha value is -7.78. The van der Waals surface area contributed by atoms with Gasteiger partial charge in [-0.3, -0.25) is 19.1 Å².